The second kappa shape index (κ2) is 6.21. The molecule has 1 nitrogen and oxygen atoms in total. The van der Waals surface area contributed by atoms with Crippen molar-refractivity contribution in [1.29, 1.82) is 0 Å². The van der Waals surface area contributed by atoms with E-state index in [9.17, 15) is 5.11 Å². The molecule has 0 aromatic heterocycles. The first-order chi connectivity index (χ1) is 11.8. The molecule has 4 aromatic rings. The van der Waals surface area contributed by atoms with Crippen LogP contribution in [0.2, 0.25) is 0 Å². The number of phenolic OH excluding ortho intramolecular Hbond substituents is 1. The second-order valence-electron chi connectivity index (χ2n) is 6.03. The van der Waals surface area contributed by atoms with Crippen LogP contribution in [-0.4, -0.2) is 5.11 Å². The normalized spacial score (nSPS) is 10.8. The smallest absolute Gasteiger partial charge is 0.119 e. The molecule has 0 spiro atoms. The van der Waals surface area contributed by atoms with Crippen molar-refractivity contribution in [2.24, 2.45) is 0 Å². The van der Waals surface area contributed by atoms with Crippen molar-refractivity contribution in [3.05, 3.63) is 102 Å². The maximum absolute atomic E-state index is 10.4. The van der Waals surface area contributed by atoms with Gasteiger partial charge in [-0.2, -0.15) is 0 Å². The van der Waals surface area contributed by atoms with Crippen molar-refractivity contribution in [2.75, 3.05) is 0 Å². The minimum absolute atomic E-state index is 0.351. The molecule has 0 saturated carbocycles. The third kappa shape index (κ3) is 2.77. The van der Waals surface area contributed by atoms with Gasteiger partial charge in [-0.3, -0.25) is 0 Å². The number of benzene rings is 4. The maximum Gasteiger partial charge on any atom is 0.119 e. The van der Waals surface area contributed by atoms with Gasteiger partial charge >= 0.3 is 0 Å². The number of fused-ring (bicyclic) bond motifs is 1. The summed E-state index contributed by atoms with van der Waals surface area (Å²) in [6.07, 6.45) is 0.718. The van der Waals surface area contributed by atoms with E-state index in [0.717, 1.165) is 23.1 Å². The molecular formula is C23H18O. The quantitative estimate of drug-likeness (QED) is 0.507. The van der Waals surface area contributed by atoms with Gasteiger partial charge in [0.05, 0.1) is 0 Å². The van der Waals surface area contributed by atoms with Crippen LogP contribution < -0.4 is 0 Å². The molecule has 0 aliphatic carbocycles. The molecule has 0 saturated heterocycles. The Morgan fingerprint density at radius 3 is 2.21 bits per heavy atom. The van der Waals surface area contributed by atoms with Gasteiger partial charge in [-0.1, -0.05) is 78.9 Å². The van der Waals surface area contributed by atoms with Crippen molar-refractivity contribution in [1.82, 2.24) is 0 Å². The molecule has 4 rings (SSSR count). The zero-order valence-electron chi connectivity index (χ0n) is 13.3. The molecule has 0 amide bonds. The number of hydrogen-bond donors (Lipinski definition) is 1. The number of hydrogen-bond acceptors (Lipinski definition) is 1. The fourth-order valence-electron chi connectivity index (χ4n) is 3.19. The Balaban J connectivity index is 1.83. The highest BCUT2D eigenvalue weighted by Gasteiger charge is 2.11. The van der Waals surface area contributed by atoms with E-state index in [0.29, 0.717) is 5.75 Å². The van der Waals surface area contributed by atoms with E-state index in [1.54, 1.807) is 6.07 Å². The van der Waals surface area contributed by atoms with Gasteiger partial charge in [0, 0.05) is 12.0 Å². The van der Waals surface area contributed by atoms with Crippen LogP contribution in [0, 0.1) is 0 Å². The Morgan fingerprint density at radius 1 is 0.625 bits per heavy atom. The Labute approximate surface area is 141 Å². The van der Waals surface area contributed by atoms with Crippen LogP contribution in [-0.2, 0) is 6.42 Å². The summed E-state index contributed by atoms with van der Waals surface area (Å²) in [6, 6.07) is 30.8. The number of phenols is 1. The average Bonchev–Trinajstić information content (AvgIpc) is 2.64. The van der Waals surface area contributed by atoms with Crippen molar-refractivity contribution < 1.29 is 5.11 Å². The van der Waals surface area contributed by atoms with Crippen LogP contribution >= 0.6 is 0 Å². The summed E-state index contributed by atoms with van der Waals surface area (Å²) in [4.78, 5) is 0. The fraction of sp³-hybridized carbons (Fsp3) is 0.0435. The molecule has 1 heteroatoms. The van der Waals surface area contributed by atoms with Gasteiger partial charge in [0.25, 0.3) is 0 Å². The van der Waals surface area contributed by atoms with E-state index in [1.165, 1.54) is 16.3 Å². The Bertz CT molecular complexity index is 987. The lowest BCUT2D eigenvalue weighted by molar-refractivity contribution is 0.470. The van der Waals surface area contributed by atoms with Gasteiger partial charge in [-0.05, 0) is 39.6 Å². The Morgan fingerprint density at radius 2 is 1.38 bits per heavy atom. The summed E-state index contributed by atoms with van der Waals surface area (Å²) in [6.45, 7) is 0. The molecule has 0 atom stereocenters. The van der Waals surface area contributed by atoms with Crippen molar-refractivity contribution in [2.45, 2.75) is 6.42 Å². The SMILES string of the molecule is Oc1cccc(-c2ccc3ccccc3c2)c1Cc1ccccc1. The first kappa shape index (κ1) is 14.5. The molecule has 0 aliphatic rings. The molecular weight excluding hydrogens is 292 g/mol. The molecule has 4 aromatic carbocycles. The monoisotopic (exact) mass is 310 g/mol. The minimum atomic E-state index is 0.351. The summed E-state index contributed by atoms with van der Waals surface area (Å²) in [5.41, 5.74) is 4.39. The molecule has 1 N–H and O–H groups in total. The van der Waals surface area contributed by atoms with Crippen LogP contribution in [0.15, 0.2) is 91.0 Å². The van der Waals surface area contributed by atoms with Gasteiger partial charge in [-0.15, -0.1) is 0 Å². The molecule has 24 heavy (non-hydrogen) atoms. The molecule has 0 unspecified atom stereocenters. The van der Waals surface area contributed by atoms with Crippen LogP contribution in [0.4, 0.5) is 0 Å². The van der Waals surface area contributed by atoms with Crippen molar-refractivity contribution >= 4 is 10.8 Å². The summed E-state index contributed by atoms with van der Waals surface area (Å²) in [5, 5.41) is 12.9. The minimum Gasteiger partial charge on any atom is -0.508 e. The average molecular weight is 310 g/mol. The van der Waals surface area contributed by atoms with Gasteiger partial charge in [-0.25, -0.2) is 0 Å². The highest BCUT2D eigenvalue weighted by molar-refractivity contribution is 5.88. The first-order valence-electron chi connectivity index (χ1n) is 8.15. The maximum atomic E-state index is 10.4. The van der Waals surface area contributed by atoms with E-state index in [4.69, 9.17) is 0 Å². The molecule has 116 valence electrons. The molecule has 0 heterocycles. The summed E-state index contributed by atoms with van der Waals surface area (Å²) >= 11 is 0. The molecule has 0 bridgehead atoms. The van der Waals surface area contributed by atoms with E-state index < -0.39 is 0 Å². The van der Waals surface area contributed by atoms with Crippen molar-refractivity contribution in [3.63, 3.8) is 0 Å². The summed E-state index contributed by atoms with van der Waals surface area (Å²) < 4.78 is 0. The van der Waals surface area contributed by atoms with E-state index in [2.05, 4.69) is 60.7 Å². The third-order valence-electron chi connectivity index (χ3n) is 4.44. The fourth-order valence-corrected chi connectivity index (χ4v) is 3.19. The summed E-state index contributed by atoms with van der Waals surface area (Å²) in [5.74, 6) is 0.351. The number of aromatic hydroxyl groups is 1. The first-order valence-corrected chi connectivity index (χ1v) is 8.15. The van der Waals surface area contributed by atoms with E-state index >= 15 is 0 Å². The lowest BCUT2D eigenvalue weighted by Crippen LogP contribution is -1.93. The summed E-state index contributed by atoms with van der Waals surface area (Å²) in [7, 11) is 0. The molecule has 0 radical (unpaired) electrons. The predicted molar refractivity (Wildman–Crippen MR) is 100 cm³/mol. The third-order valence-corrected chi connectivity index (χ3v) is 4.44. The molecule has 0 aliphatic heterocycles. The second-order valence-corrected chi connectivity index (χ2v) is 6.03. The van der Waals surface area contributed by atoms with Crippen LogP contribution in [0.1, 0.15) is 11.1 Å². The topological polar surface area (TPSA) is 20.2 Å². The van der Waals surface area contributed by atoms with Crippen LogP contribution in [0.5, 0.6) is 5.75 Å². The highest BCUT2D eigenvalue weighted by atomic mass is 16.3. The van der Waals surface area contributed by atoms with E-state index in [1.807, 2.05) is 24.3 Å². The largest absolute Gasteiger partial charge is 0.508 e. The zero-order valence-corrected chi connectivity index (χ0v) is 13.3. The van der Waals surface area contributed by atoms with Gasteiger partial charge in [0.15, 0.2) is 0 Å². The molecule has 0 fully saturated rings. The van der Waals surface area contributed by atoms with Gasteiger partial charge in [0.2, 0.25) is 0 Å². The predicted octanol–water partition coefficient (Wildman–Crippen LogP) is 5.80. The zero-order chi connectivity index (χ0) is 16.4. The standard InChI is InChI=1S/C23H18O/c24-23-12-6-11-21(22(23)15-17-7-2-1-3-8-17)20-14-13-18-9-4-5-10-19(18)16-20/h1-14,16,24H,15H2. The highest BCUT2D eigenvalue weighted by Crippen LogP contribution is 2.33. The van der Waals surface area contributed by atoms with Crippen molar-refractivity contribution in [3.8, 4) is 16.9 Å². The lowest BCUT2D eigenvalue weighted by atomic mass is 9.93. The van der Waals surface area contributed by atoms with E-state index in [-0.39, 0.29) is 0 Å². The van der Waals surface area contributed by atoms with Gasteiger partial charge in [0.1, 0.15) is 5.75 Å². The van der Waals surface area contributed by atoms with Crippen LogP contribution in [0.3, 0.4) is 0 Å². The Hall–Kier alpha value is -3.06. The van der Waals surface area contributed by atoms with Crippen LogP contribution in [0.25, 0.3) is 21.9 Å². The lowest BCUT2D eigenvalue weighted by Gasteiger charge is -2.13. The van der Waals surface area contributed by atoms with Gasteiger partial charge < -0.3 is 5.11 Å². The Kier molecular flexibility index (Phi) is 3.76. The number of rotatable bonds is 3.